The van der Waals surface area contributed by atoms with Crippen molar-refractivity contribution in [2.75, 3.05) is 0 Å². The Kier molecular flexibility index (Phi) is 9.46. The zero-order valence-corrected chi connectivity index (χ0v) is 20.8. The Morgan fingerprint density at radius 3 is 1.39 bits per heavy atom. The molecule has 0 saturated carbocycles. The molecule has 0 amide bonds. The number of carboxylic acids is 1. The van der Waals surface area contributed by atoms with Gasteiger partial charge >= 0.3 is 41.5 Å². The second-order valence-electron chi connectivity index (χ2n) is 6.75. The van der Waals surface area contributed by atoms with Crippen LogP contribution < -0.4 is 29.6 Å². The Balaban J connectivity index is 0.00000193. The minimum Gasteiger partial charge on any atom is -0.870 e. The van der Waals surface area contributed by atoms with Gasteiger partial charge in [-0.05, 0) is 64.9 Å². The van der Waals surface area contributed by atoms with Gasteiger partial charge in [0.1, 0.15) is 0 Å². The zero-order valence-electron chi connectivity index (χ0n) is 18.0. The second-order valence-corrected chi connectivity index (χ2v) is 9.45. The van der Waals surface area contributed by atoms with Crippen molar-refractivity contribution in [2.24, 2.45) is 0 Å². The minimum absolute atomic E-state index is 0. The summed E-state index contributed by atoms with van der Waals surface area (Å²) in [6, 6.07) is 34.9. The van der Waals surface area contributed by atoms with Gasteiger partial charge in [0.2, 0.25) is 0 Å². The summed E-state index contributed by atoms with van der Waals surface area (Å²) in [7, 11) is -2.41. The molecule has 0 aromatic heterocycles. The van der Waals surface area contributed by atoms with Crippen molar-refractivity contribution in [1.82, 2.24) is 0 Å². The van der Waals surface area contributed by atoms with E-state index in [2.05, 4.69) is 0 Å². The normalized spacial score (nSPS) is 10.8. The number of hydrogen-bond donors (Lipinski definition) is 1. The van der Waals surface area contributed by atoms with Gasteiger partial charge in [-0.3, -0.25) is 0 Å². The average Bonchev–Trinajstić information content (AvgIpc) is 2.84. The molecule has 0 aliphatic heterocycles. The molecule has 0 unspecified atom stereocenters. The van der Waals surface area contributed by atoms with Gasteiger partial charge in [-0.1, -0.05) is 60.7 Å². The Bertz CT molecular complexity index is 1100. The molecule has 4 aromatic rings. The summed E-state index contributed by atoms with van der Waals surface area (Å²) in [6.07, 6.45) is 0. The van der Waals surface area contributed by atoms with Crippen LogP contribution in [0.3, 0.4) is 0 Å². The molecule has 0 atom stereocenters. The van der Waals surface area contributed by atoms with Crippen LogP contribution in [0.4, 0.5) is 0 Å². The summed E-state index contributed by atoms with van der Waals surface area (Å²) in [5.74, 6) is -1.67. The molecule has 162 valence electrons. The van der Waals surface area contributed by atoms with Gasteiger partial charge in [-0.15, -0.1) is 0 Å². The topological polar surface area (TPSA) is 93.6 Å². The summed E-state index contributed by atoms with van der Waals surface area (Å²) in [6.45, 7) is 0. The summed E-state index contributed by atoms with van der Waals surface area (Å²) < 4.78 is 6.37. The smallest absolute Gasteiger partial charge is 0.870 e. The Morgan fingerprint density at radius 2 is 1.00 bits per heavy atom. The predicted molar refractivity (Wildman–Crippen MR) is 122 cm³/mol. The van der Waals surface area contributed by atoms with Crippen LogP contribution in [0.5, 0.6) is 0 Å². The number of aromatic carboxylic acids is 1. The molecule has 5 nitrogen and oxygen atoms in total. The standard InChI is InChI=1S/C26H20O4S.Na.H2O/c27-25(28)20-11-10-12-21(19-20)26(29)30-31(22-13-4-1-5-14-22,23-15-6-2-7-16-23)24-17-8-3-9-18-24;;/h1-19H,(H,27,28);;1H2/q;+1;/p-1. The predicted octanol–water partition coefficient (Wildman–Crippen LogP) is 3.27. The van der Waals surface area contributed by atoms with E-state index in [1.165, 1.54) is 12.1 Å². The molecule has 0 aliphatic rings. The van der Waals surface area contributed by atoms with E-state index in [-0.39, 0.29) is 46.2 Å². The molecule has 0 bridgehead atoms. The van der Waals surface area contributed by atoms with Crippen LogP contribution in [-0.4, -0.2) is 22.5 Å². The Morgan fingerprint density at radius 1 is 0.606 bits per heavy atom. The van der Waals surface area contributed by atoms with Gasteiger partial charge in [0.15, 0.2) is 0 Å². The van der Waals surface area contributed by atoms with Crippen LogP contribution in [-0.2, 0) is 4.18 Å². The van der Waals surface area contributed by atoms with Gasteiger partial charge in [-0.2, -0.15) is 0 Å². The van der Waals surface area contributed by atoms with Crippen LogP contribution in [0.25, 0.3) is 0 Å². The van der Waals surface area contributed by atoms with E-state index < -0.39 is 22.2 Å². The fraction of sp³-hybridized carbons (Fsp3) is 0. The van der Waals surface area contributed by atoms with Gasteiger partial charge in [0, 0.05) is 14.7 Å². The van der Waals surface area contributed by atoms with Crippen molar-refractivity contribution < 1.29 is 53.9 Å². The van der Waals surface area contributed by atoms with Crippen LogP contribution in [0, 0.1) is 0 Å². The molecule has 2 N–H and O–H groups in total. The molecule has 0 heterocycles. The summed E-state index contributed by atoms with van der Waals surface area (Å²) in [4.78, 5) is 27.4. The third-order valence-electron chi connectivity index (χ3n) is 4.77. The number of benzene rings is 4. The Hall–Kier alpha value is -2.87. The monoisotopic (exact) mass is 468 g/mol. The van der Waals surface area contributed by atoms with Crippen molar-refractivity contribution in [3.8, 4) is 0 Å². The molecule has 0 aliphatic carbocycles. The van der Waals surface area contributed by atoms with Crippen molar-refractivity contribution in [3.05, 3.63) is 126 Å². The van der Waals surface area contributed by atoms with Gasteiger partial charge in [0.05, 0.1) is 11.1 Å². The number of rotatable bonds is 6. The fourth-order valence-corrected chi connectivity index (χ4v) is 6.38. The molecular formula is C26H21NaO5S. The molecule has 0 fully saturated rings. The number of carbonyl (C=O) groups is 2. The van der Waals surface area contributed by atoms with Gasteiger partial charge in [0.25, 0.3) is 0 Å². The van der Waals surface area contributed by atoms with Crippen molar-refractivity contribution >= 4 is 22.2 Å². The summed E-state index contributed by atoms with van der Waals surface area (Å²) in [5, 5.41) is 9.31. The summed E-state index contributed by atoms with van der Waals surface area (Å²) in [5.41, 5.74) is 0.230. The first kappa shape index (κ1) is 26.4. The quantitative estimate of drug-likeness (QED) is 0.439. The first-order valence-electron chi connectivity index (χ1n) is 9.67. The number of hydrogen-bond acceptors (Lipinski definition) is 4. The van der Waals surface area contributed by atoms with E-state index in [0.717, 1.165) is 14.7 Å². The van der Waals surface area contributed by atoms with E-state index in [4.69, 9.17) is 4.18 Å². The molecule has 33 heavy (non-hydrogen) atoms. The second kappa shape index (κ2) is 11.8. The van der Waals surface area contributed by atoms with Crippen molar-refractivity contribution in [1.29, 1.82) is 0 Å². The van der Waals surface area contributed by atoms with Gasteiger partial charge < -0.3 is 14.8 Å². The first-order valence-corrected chi connectivity index (χ1v) is 11.2. The fourth-order valence-electron chi connectivity index (χ4n) is 3.33. The van der Waals surface area contributed by atoms with E-state index in [9.17, 15) is 14.7 Å². The molecule has 0 saturated heterocycles. The maximum Gasteiger partial charge on any atom is 1.00 e. The number of carboxylic acid groups (broad SMARTS) is 1. The third-order valence-corrected chi connectivity index (χ3v) is 7.98. The SMILES string of the molecule is O=C(O)c1cccc(C(=O)OS(c2ccccc2)(c2ccccc2)c2ccccc2)c1.[Na+].[OH-]. The van der Waals surface area contributed by atoms with Gasteiger partial charge in [-0.25, -0.2) is 9.59 Å². The molecule has 4 aromatic carbocycles. The molecule has 0 radical (unpaired) electrons. The average molecular weight is 469 g/mol. The van der Waals surface area contributed by atoms with E-state index >= 15 is 0 Å². The van der Waals surface area contributed by atoms with E-state index in [0.29, 0.717) is 0 Å². The van der Waals surface area contributed by atoms with Crippen molar-refractivity contribution in [2.45, 2.75) is 14.7 Å². The summed E-state index contributed by atoms with van der Waals surface area (Å²) >= 11 is 0. The first-order chi connectivity index (χ1) is 15.1. The molecule has 7 heteroatoms. The zero-order chi connectivity index (χ0) is 21.7. The Labute approximate surface area is 216 Å². The van der Waals surface area contributed by atoms with Crippen LogP contribution in [0.1, 0.15) is 20.7 Å². The molecule has 0 spiro atoms. The maximum absolute atomic E-state index is 13.4. The van der Waals surface area contributed by atoms with E-state index in [1.54, 1.807) is 12.1 Å². The van der Waals surface area contributed by atoms with Crippen LogP contribution in [0.2, 0.25) is 0 Å². The maximum atomic E-state index is 13.4. The minimum atomic E-state index is -2.41. The van der Waals surface area contributed by atoms with Crippen molar-refractivity contribution in [3.63, 3.8) is 0 Å². The van der Waals surface area contributed by atoms with Crippen LogP contribution >= 0.6 is 10.3 Å². The molecule has 4 rings (SSSR count). The van der Waals surface area contributed by atoms with E-state index in [1.807, 2.05) is 91.0 Å². The number of carbonyl (C=O) groups excluding carboxylic acids is 1. The van der Waals surface area contributed by atoms with Crippen LogP contribution in [0.15, 0.2) is 130 Å². The third kappa shape index (κ3) is 5.55. The molecular weight excluding hydrogens is 447 g/mol. The largest absolute Gasteiger partial charge is 1.00 e.